The lowest BCUT2D eigenvalue weighted by Crippen LogP contribution is -1.93. The third-order valence-electron chi connectivity index (χ3n) is 2.85. The average molecular weight is 238 g/mol. The number of anilines is 1. The average Bonchev–Trinajstić information content (AvgIpc) is 2.36. The highest BCUT2D eigenvalue weighted by Gasteiger charge is 2.04. The maximum atomic E-state index is 8.76. The Balaban J connectivity index is 2.29. The van der Waals surface area contributed by atoms with Gasteiger partial charge in [-0.1, -0.05) is 6.07 Å². The van der Waals surface area contributed by atoms with Crippen LogP contribution in [0, 0.1) is 25.2 Å². The summed E-state index contributed by atoms with van der Waals surface area (Å²) in [5.74, 6) is 1.31. The van der Waals surface area contributed by atoms with Crippen molar-refractivity contribution in [2.75, 3.05) is 5.73 Å². The molecule has 0 aliphatic rings. The number of rotatable bonds is 2. The van der Waals surface area contributed by atoms with Crippen molar-refractivity contribution in [3.63, 3.8) is 0 Å². The second-order valence-electron chi connectivity index (χ2n) is 4.21. The van der Waals surface area contributed by atoms with Crippen LogP contribution in [-0.2, 0) is 0 Å². The SMILES string of the molecule is Cc1ccc(Oc2ccc(C#N)cc2N)cc1C. The van der Waals surface area contributed by atoms with Gasteiger partial charge in [0.05, 0.1) is 17.3 Å². The molecule has 0 saturated heterocycles. The van der Waals surface area contributed by atoms with Crippen LogP contribution in [0.2, 0.25) is 0 Å². The second-order valence-corrected chi connectivity index (χ2v) is 4.21. The van der Waals surface area contributed by atoms with E-state index in [1.165, 1.54) is 11.1 Å². The van der Waals surface area contributed by atoms with E-state index in [-0.39, 0.29) is 0 Å². The first kappa shape index (κ1) is 12.0. The number of nitriles is 1. The lowest BCUT2D eigenvalue weighted by atomic mass is 10.1. The first-order valence-electron chi connectivity index (χ1n) is 5.65. The van der Waals surface area contributed by atoms with Gasteiger partial charge in [0.25, 0.3) is 0 Å². The molecule has 18 heavy (non-hydrogen) atoms. The summed E-state index contributed by atoms with van der Waals surface area (Å²) in [6.07, 6.45) is 0. The molecule has 3 heteroatoms. The zero-order valence-electron chi connectivity index (χ0n) is 10.4. The Hall–Kier alpha value is -2.47. The number of hydrogen-bond acceptors (Lipinski definition) is 3. The fraction of sp³-hybridized carbons (Fsp3) is 0.133. The van der Waals surface area contributed by atoms with Crippen molar-refractivity contribution >= 4 is 5.69 Å². The maximum Gasteiger partial charge on any atom is 0.150 e. The lowest BCUT2D eigenvalue weighted by Gasteiger charge is -2.10. The van der Waals surface area contributed by atoms with Crippen molar-refractivity contribution in [2.45, 2.75) is 13.8 Å². The van der Waals surface area contributed by atoms with Gasteiger partial charge in [-0.25, -0.2) is 0 Å². The minimum Gasteiger partial charge on any atom is -0.455 e. The summed E-state index contributed by atoms with van der Waals surface area (Å²) in [6, 6.07) is 12.9. The van der Waals surface area contributed by atoms with Crippen LogP contribution in [0.3, 0.4) is 0 Å². The van der Waals surface area contributed by atoms with E-state index in [4.69, 9.17) is 15.7 Å². The van der Waals surface area contributed by atoms with Crippen molar-refractivity contribution < 1.29 is 4.74 Å². The highest BCUT2D eigenvalue weighted by molar-refractivity contribution is 5.57. The number of hydrogen-bond donors (Lipinski definition) is 1. The zero-order valence-corrected chi connectivity index (χ0v) is 10.4. The van der Waals surface area contributed by atoms with Crippen LogP contribution in [-0.4, -0.2) is 0 Å². The Kier molecular flexibility index (Phi) is 3.20. The van der Waals surface area contributed by atoms with Crippen molar-refractivity contribution in [3.8, 4) is 17.6 Å². The largest absolute Gasteiger partial charge is 0.455 e. The monoisotopic (exact) mass is 238 g/mol. The number of ether oxygens (including phenoxy) is 1. The highest BCUT2D eigenvalue weighted by Crippen LogP contribution is 2.29. The minimum absolute atomic E-state index is 0.465. The van der Waals surface area contributed by atoms with Crippen LogP contribution in [0.5, 0.6) is 11.5 Å². The van der Waals surface area contributed by atoms with Crippen molar-refractivity contribution in [1.82, 2.24) is 0 Å². The molecular formula is C15H14N2O. The zero-order chi connectivity index (χ0) is 13.1. The highest BCUT2D eigenvalue weighted by atomic mass is 16.5. The number of nitrogen functional groups attached to an aromatic ring is 1. The van der Waals surface area contributed by atoms with Crippen molar-refractivity contribution in [1.29, 1.82) is 5.26 Å². The molecule has 0 unspecified atom stereocenters. The van der Waals surface area contributed by atoms with Gasteiger partial charge in [-0.05, 0) is 55.3 Å². The molecule has 90 valence electrons. The van der Waals surface area contributed by atoms with Crippen LogP contribution >= 0.6 is 0 Å². The minimum atomic E-state index is 0.465. The summed E-state index contributed by atoms with van der Waals surface area (Å²) in [7, 11) is 0. The molecule has 0 aliphatic heterocycles. The Morgan fingerprint density at radius 1 is 1.06 bits per heavy atom. The van der Waals surface area contributed by atoms with Gasteiger partial charge in [-0.2, -0.15) is 5.26 Å². The van der Waals surface area contributed by atoms with Gasteiger partial charge >= 0.3 is 0 Å². The summed E-state index contributed by atoms with van der Waals surface area (Å²) in [5, 5.41) is 8.76. The summed E-state index contributed by atoms with van der Waals surface area (Å²) < 4.78 is 5.71. The van der Waals surface area contributed by atoms with Crippen LogP contribution in [0.1, 0.15) is 16.7 Å². The van der Waals surface area contributed by atoms with E-state index < -0.39 is 0 Å². The third-order valence-corrected chi connectivity index (χ3v) is 2.85. The van der Waals surface area contributed by atoms with Gasteiger partial charge in [0.1, 0.15) is 11.5 Å². The molecule has 0 heterocycles. The molecule has 0 aromatic heterocycles. The molecule has 0 atom stereocenters. The predicted molar refractivity (Wildman–Crippen MR) is 71.6 cm³/mol. The molecule has 0 amide bonds. The molecular weight excluding hydrogens is 224 g/mol. The van der Waals surface area contributed by atoms with Gasteiger partial charge in [0.15, 0.2) is 0 Å². The second kappa shape index (κ2) is 4.80. The fourth-order valence-corrected chi connectivity index (χ4v) is 1.62. The molecule has 0 fully saturated rings. The van der Waals surface area contributed by atoms with Crippen molar-refractivity contribution in [3.05, 3.63) is 53.1 Å². The molecule has 0 aliphatic carbocycles. The Bertz CT molecular complexity index is 627. The summed E-state index contributed by atoms with van der Waals surface area (Å²) >= 11 is 0. The van der Waals surface area contributed by atoms with Crippen LogP contribution < -0.4 is 10.5 Å². The predicted octanol–water partition coefficient (Wildman–Crippen LogP) is 3.55. The molecule has 2 N–H and O–H groups in total. The Morgan fingerprint density at radius 3 is 2.44 bits per heavy atom. The van der Waals surface area contributed by atoms with E-state index in [2.05, 4.69) is 6.92 Å². The summed E-state index contributed by atoms with van der Waals surface area (Å²) in [6.45, 7) is 4.08. The van der Waals surface area contributed by atoms with E-state index in [1.54, 1.807) is 18.2 Å². The topological polar surface area (TPSA) is 59.0 Å². The quantitative estimate of drug-likeness (QED) is 0.814. The van der Waals surface area contributed by atoms with Gasteiger partial charge in [-0.15, -0.1) is 0 Å². The maximum absolute atomic E-state index is 8.76. The molecule has 3 nitrogen and oxygen atoms in total. The molecule has 2 aromatic rings. The molecule has 2 aromatic carbocycles. The van der Waals surface area contributed by atoms with Crippen molar-refractivity contribution in [2.24, 2.45) is 0 Å². The molecule has 0 spiro atoms. The van der Waals surface area contributed by atoms with E-state index >= 15 is 0 Å². The number of aryl methyl sites for hydroxylation is 2. The smallest absolute Gasteiger partial charge is 0.150 e. The van der Waals surface area contributed by atoms with E-state index in [0.29, 0.717) is 17.0 Å². The van der Waals surface area contributed by atoms with E-state index in [0.717, 1.165) is 5.75 Å². The fourth-order valence-electron chi connectivity index (χ4n) is 1.62. The Labute approximate surface area is 106 Å². The van der Waals surface area contributed by atoms with Gasteiger partial charge in [0, 0.05) is 0 Å². The first-order valence-corrected chi connectivity index (χ1v) is 5.65. The first-order chi connectivity index (χ1) is 8.60. The van der Waals surface area contributed by atoms with Gasteiger partial charge in [0.2, 0.25) is 0 Å². The number of benzene rings is 2. The Morgan fingerprint density at radius 2 is 1.83 bits per heavy atom. The molecule has 0 radical (unpaired) electrons. The molecule has 2 rings (SSSR count). The van der Waals surface area contributed by atoms with Crippen LogP contribution in [0.4, 0.5) is 5.69 Å². The summed E-state index contributed by atoms with van der Waals surface area (Å²) in [4.78, 5) is 0. The van der Waals surface area contributed by atoms with Crippen LogP contribution in [0.25, 0.3) is 0 Å². The third kappa shape index (κ3) is 2.44. The van der Waals surface area contributed by atoms with E-state index in [1.807, 2.05) is 31.2 Å². The molecule has 0 bridgehead atoms. The molecule has 0 saturated carbocycles. The normalized spacial score (nSPS) is 9.83. The van der Waals surface area contributed by atoms with Crippen LogP contribution in [0.15, 0.2) is 36.4 Å². The van der Waals surface area contributed by atoms with E-state index in [9.17, 15) is 0 Å². The lowest BCUT2D eigenvalue weighted by molar-refractivity contribution is 0.484. The number of nitrogens with two attached hydrogens (primary N) is 1. The summed E-state index contributed by atoms with van der Waals surface area (Å²) in [5.41, 5.74) is 9.21. The van der Waals surface area contributed by atoms with Gasteiger partial charge < -0.3 is 10.5 Å². The van der Waals surface area contributed by atoms with Gasteiger partial charge in [-0.3, -0.25) is 0 Å². The number of nitrogens with zero attached hydrogens (tertiary/aromatic N) is 1. The standard InChI is InChI=1S/C15H14N2O/c1-10-3-5-13(7-11(10)2)18-15-6-4-12(9-16)8-14(15)17/h3-8H,17H2,1-2H3.